The normalized spacial score (nSPS) is 19.5. The van der Waals surface area contributed by atoms with Gasteiger partial charge in [-0.2, -0.15) is 0 Å². The van der Waals surface area contributed by atoms with Crippen molar-refractivity contribution in [3.8, 4) is 0 Å². The molecule has 1 atom stereocenters. The highest BCUT2D eigenvalue weighted by molar-refractivity contribution is 5.82. The van der Waals surface area contributed by atoms with Gasteiger partial charge in [0.05, 0.1) is 6.04 Å². The van der Waals surface area contributed by atoms with Gasteiger partial charge in [-0.05, 0) is 33.3 Å². The SMILES string of the molecule is CC(=O)[C@@H]1CN(C(=O)OC(C)(C)C)CCN1Cc1ccccc1. The van der Waals surface area contributed by atoms with E-state index >= 15 is 0 Å². The maximum atomic E-state index is 12.2. The van der Waals surface area contributed by atoms with Crippen LogP contribution in [0.2, 0.25) is 0 Å². The first kappa shape index (κ1) is 17.5. The number of benzene rings is 1. The summed E-state index contributed by atoms with van der Waals surface area (Å²) in [6.45, 7) is 9.46. The molecule has 2 rings (SSSR count). The second kappa shape index (κ2) is 7.13. The van der Waals surface area contributed by atoms with Crippen molar-refractivity contribution < 1.29 is 14.3 Å². The monoisotopic (exact) mass is 318 g/mol. The Balaban J connectivity index is 2.03. The molecule has 126 valence electrons. The van der Waals surface area contributed by atoms with Crippen molar-refractivity contribution in [2.24, 2.45) is 0 Å². The fourth-order valence-corrected chi connectivity index (χ4v) is 2.71. The van der Waals surface area contributed by atoms with E-state index in [1.54, 1.807) is 11.8 Å². The van der Waals surface area contributed by atoms with Crippen LogP contribution in [0.15, 0.2) is 30.3 Å². The number of amides is 1. The predicted octanol–water partition coefficient (Wildman–Crippen LogP) is 2.70. The molecule has 5 heteroatoms. The maximum Gasteiger partial charge on any atom is 0.410 e. The highest BCUT2D eigenvalue weighted by Crippen LogP contribution is 2.17. The van der Waals surface area contributed by atoms with Crippen LogP contribution in [0.3, 0.4) is 0 Å². The third kappa shape index (κ3) is 5.06. The number of ketones is 1. The van der Waals surface area contributed by atoms with Crippen LogP contribution in [-0.2, 0) is 16.1 Å². The molecule has 1 amide bonds. The van der Waals surface area contributed by atoms with E-state index in [1.807, 2.05) is 39.0 Å². The number of Topliss-reactive ketones (excluding diaryl/α,β-unsaturated/α-hetero) is 1. The molecule has 0 aliphatic carbocycles. The molecule has 1 aromatic rings. The molecule has 0 spiro atoms. The van der Waals surface area contributed by atoms with Crippen LogP contribution < -0.4 is 0 Å². The fourth-order valence-electron chi connectivity index (χ4n) is 2.71. The summed E-state index contributed by atoms with van der Waals surface area (Å²) in [6.07, 6.45) is -0.344. The van der Waals surface area contributed by atoms with Crippen molar-refractivity contribution in [1.82, 2.24) is 9.80 Å². The minimum atomic E-state index is -0.524. The molecule has 1 aliphatic heterocycles. The van der Waals surface area contributed by atoms with Crippen LogP contribution in [-0.4, -0.2) is 53.0 Å². The Morgan fingerprint density at radius 1 is 1.17 bits per heavy atom. The van der Waals surface area contributed by atoms with E-state index in [2.05, 4.69) is 17.0 Å². The van der Waals surface area contributed by atoms with E-state index in [1.165, 1.54) is 5.56 Å². The zero-order valence-electron chi connectivity index (χ0n) is 14.4. The van der Waals surface area contributed by atoms with E-state index in [0.717, 1.165) is 0 Å². The second-order valence-electron chi connectivity index (χ2n) is 7.01. The summed E-state index contributed by atoms with van der Waals surface area (Å²) >= 11 is 0. The van der Waals surface area contributed by atoms with E-state index in [-0.39, 0.29) is 17.9 Å². The first-order valence-corrected chi connectivity index (χ1v) is 8.02. The van der Waals surface area contributed by atoms with Gasteiger partial charge in [0.1, 0.15) is 11.4 Å². The van der Waals surface area contributed by atoms with E-state index in [0.29, 0.717) is 26.2 Å². The van der Waals surface area contributed by atoms with Gasteiger partial charge in [0, 0.05) is 26.2 Å². The average Bonchev–Trinajstić information content (AvgIpc) is 2.46. The number of hydrogen-bond acceptors (Lipinski definition) is 4. The lowest BCUT2D eigenvalue weighted by molar-refractivity contribution is -0.124. The molecule has 0 radical (unpaired) electrons. The van der Waals surface area contributed by atoms with Crippen LogP contribution in [0, 0.1) is 0 Å². The molecule has 0 bridgehead atoms. The van der Waals surface area contributed by atoms with Crippen LogP contribution in [0.5, 0.6) is 0 Å². The fraction of sp³-hybridized carbons (Fsp3) is 0.556. The standard InChI is InChI=1S/C18H26N2O3/c1-14(21)16-13-20(17(22)23-18(2,3)4)11-10-19(16)12-15-8-6-5-7-9-15/h5-9,16H,10-13H2,1-4H3/t16-/m0/s1. The molecule has 5 nitrogen and oxygen atoms in total. The van der Waals surface area contributed by atoms with Gasteiger partial charge in [0.15, 0.2) is 0 Å². The number of ether oxygens (including phenoxy) is 1. The van der Waals surface area contributed by atoms with Gasteiger partial charge in [-0.3, -0.25) is 9.69 Å². The summed E-state index contributed by atoms with van der Waals surface area (Å²) in [5.41, 5.74) is 0.647. The summed E-state index contributed by atoms with van der Waals surface area (Å²) in [7, 11) is 0. The Morgan fingerprint density at radius 3 is 2.39 bits per heavy atom. The number of nitrogens with zero attached hydrogens (tertiary/aromatic N) is 2. The van der Waals surface area contributed by atoms with Gasteiger partial charge < -0.3 is 9.64 Å². The van der Waals surface area contributed by atoms with E-state index in [4.69, 9.17) is 4.74 Å². The van der Waals surface area contributed by atoms with Gasteiger partial charge in [0.25, 0.3) is 0 Å². The molecule has 1 aliphatic rings. The highest BCUT2D eigenvalue weighted by atomic mass is 16.6. The van der Waals surface area contributed by atoms with Crippen molar-refractivity contribution >= 4 is 11.9 Å². The zero-order chi connectivity index (χ0) is 17.0. The van der Waals surface area contributed by atoms with Crippen LogP contribution in [0.4, 0.5) is 4.79 Å². The van der Waals surface area contributed by atoms with Gasteiger partial charge in [0.2, 0.25) is 0 Å². The minimum Gasteiger partial charge on any atom is -0.444 e. The van der Waals surface area contributed by atoms with E-state index in [9.17, 15) is 9.59 Å². The number of hydrogen-bond donors (Lipinski definition) is 0. The Labute approximate surface area is 138 Å². The Morgan fingerprint density at radius 2 is 1.83 bits per heavy atom. The van der Waals surface area contributed by atoms with Crippen molar-refractivity contribution in [3.05, 3.63) is 35.9 Å². The topological polar surface area (TPSA) is 49.9 Å². The van der Waals surface area contributed by atoms with Crippen LogP contribution >= 0.6 is 0 Å². The van der Waals surface area contributed by atoms with Crippen LogP contribution in [0.25, 0.3) is 0 Å². The van der Waals surface area contributed by atoms with Gasteiger partial charge in [-0.15, -0.1) is 0 Å². The largest absolute Gasteiger partial charge is 0.444 e. The number of carbonyl (C=O) groups is 2. The first-order valence-electron chi connectivity index (χ1n) is 8.02. The Hall–Kier alpha value is -1.88. The minimum absolute atomic E-state index is 0.0780. The van der Waals surface area contributed by atoms with Crippen molar-refractivity contribution in [1.29, 1.82) is 0 Å². The molecular formula is C18H26N2O3. The Bertz CT molecular complexity index is 551. The lowest BCUT2D eigenvalue weighted by atomic mass is 10.1. The first-order chi connectivity index (χ1) is 10.8. The quantitative estimate of drug-likeness (QED) is 0.860. The molecule has 0 aromatic heterocycles. The molecule has 1 fully saturated rings. The number of carbonyl (C=O) groups excluding carboxylic acids is 2. The summed E-state index contributed by atoms with van der Waals surface area (Å²) in [4.78, 5) is 28.0. The molecular weight excluding hydrogens is 292 g/mol. The summed E-state index contributed by atoms with van der Waals surface area (Å²) in [5.74, 6) is 0.0780. The zero-order valence-corrected chi connectivity index (χ0v) is 14.4. The molecule has 0 saturated carbocycles. The molecule has 1 heterocycles. The van der Waals surface area contributed by atoms with Crippen molar-refractivity contribution in [2.45, 2.75) is 45.9 Å². The van der Waals surface area contributed by atoms with Crippen LogP contribution in [0.1, 0.15) is 33.3 Å². The molecule has 0 unspecified atom stereocenters. The molecule has 0 N–H and O–H groups in total. The number of piperazine rings is 1. The van der Waals surface area contributed by atoms with Gasteiger partial charge >= 0.3 is 6.09 Å². The molecule has 23 heavy (non-hydrogen) atoms. The highest BCUT2D eigenvalue weighted by Gasteiger charge is 2.34. The lowest BCUT2D eigenvalue weighted by Crippen LogP contribution is -2.57. The average molecular weight is 318 g/mol. The molecule has 1 aromatic carbocycles. The Kier molecular flexibility index (Phi) is 5.42. The van der Waals surface area contributed by atoms with Gasteiger partial charge in [-0.1, -0.05) is 30.3 Å². The van der Waals surface area contributed by atoms with Gasteiger partial charge in [-0.25, -0.2) is 4.79 Å². The second-order valence-corrected chi connectivity index (χ2v) is 7.01. The van der Waals surface area contributed by atoms with Crippen molar-refractivity contribution in [2.75, 3.05) is 19.6 Å². The predicted molar refractivity (Wildman–Crippen MR) is 89.1 cm³/mol. The third-order valence-electron chi connectivity index (χ3n) is 3.84. The number of rotatable bonds is 3. The lowest BCUT2D eigenvalue weighted by Gasteiger charge is -2.40. The third-order valence-corrected chi connectivity index (χ3v) is 3.84. The summed E-state index contributed by atoms with van der Waals surface area (Å²) in [5, 5.41) is 0. The smallest absolute Gasteiger partial charge is 0.410 e. The van der Waals surface area contributed by atoms with E-state index < -0.39 is 5.60 Å². The summed E-state index contributed by atoms with van der Waals surface area (Å²) < 4.78 is 5.42. The molecule has 1 saturated heterocycles. The van der Waals surface area contributed by atoms with Crippen molar-refractivity contribution in [3.63, 3.8) is 0 Å². The summed E-state index contributed by atoms with van der Waals surface area (Å²) in [6, 6.07) is 9.79. The maximum absolute atomic E-state index is 12.2.